The molecule has 1 aromatic rings. The van der Waals surface area contributed by atoms with Gasteiger partial charge >= 0.3 is 5.97 Å². The van der Waals surface area contributed by atoms with E-state index in [0.29, 0.717) is 18.9 Å². The van der Waals surface area contributed by atoms with Gasteiger partial charge < -0.3 is 15.5 Å². The molecule has 1 aromatic carbocycles. The van der Waals surface area contributed by atoms with Crippen molar-refractivity contribution in [3.8, 4) is 0 Å². The zero-order valence-electron chi connectivity index (χ0n) is 11.6. The van der Waals surface area contributed by atoms with Gasteiger partial charge in [-0.3, -0.25) is 4.79 Å². The highest BCUT2D eigenvalue weighted by atomic mass is 16.4. The second kappa shape index (κ2) is 7.92. The Hall–Kier alpha value is -1.39. The van der Waals surface area contributed by atoms with Gasteiger partial charge in [0.2, 0.25) is 0 Å². The maximum absolute atomic E-state index is 10.8. The van der Waals surface area contributed by atoms with E-state index in [-0.39, 0.29) is 19.1 Å². The lowest BCUT2D eigenvalue weighted by molar-refractivity contribution is -0.136. The van der Waals surface area contributed by atoms with E-state index < -0.39 is 5.97 Å². The summed E-state index contributed by atoms with van der Waals surface area (Å²) in [5, 5.41) is 21.3. The normalized spacial score (nSPS) is 12.6. The summed E-state index contributed by atoms with van der Waals surface area (Å²) >= 11 is 0. The van der Waals surface area contributed by atoms with Crippen LogP contribution in [0.4, 0.5) is 0 Å². The van der Waals surface area contributed by atoms with Gasteiger partial charge in [0, 0.05) is 19.2 Å². The minimum Gasteiger partial charge on any atom is -0.481 e. The van der Waals surface area contributed by atoms with Gasteiger partial charge in [0.05, 0.1) is 6.42 Å². The van der Waals surface area contributed by atoms with Crippen LogP contribution in [0.5, 0.6) is 0 Å². The summed E-state index contributed by atoms with van der Waals surface area (Å²) in [6.45, 7) is 5.01. The van der Waals surface area contributed by atoms with Crippen molar-refractivity contribution in [1.82, 2.24) is 5.32 Å². The standard InChI is InChI=1S/C15H23NO3/c1-11(2)14(7-8-17)16-10-13-6-4-3-5-12(13)9-15(18)19/h3-6,11,14,16-17H,7-10H2,1-2H3,(H,18,19). The van der Waals surface area contributed by atoms with Crippen LogP contribution in [0.25, 0.3) is 0 Å². The number of carboxylic acids is 1. The molecule has 1 atom stereocenters. The molecule has 0 radical (unpaired) electrons. The zero-order chi connectivity index (χ0) is 14.3. The van der Waals surface area contributed by atoms with Crippen LogP contribution in [0, 0.1) is 5.92 Å². The Morgan fingerprint density at radius 1 is 1.26 bits per heavy atom. The fourth-order valence-electron chi connectivity index (χ4n) is 2.12. The summed E-state index contributed by atoms with van der Waals surface area (Å²) in [6.07, 6.45) is 0.753. The number of rotatable bonds is 8. The van der Waals surface area contributed by atoms with Gasteiger partial charge in [0.1, 0.15) is 0 Å². The van der Waals surface area contributed by atoms with Gasteiger partial charge in [-0.15, -0.1) is 0 Å². The molecule has 106 valence electrons. The number of aliphatic hydroxyl groups excluding tert-OH is 1. The maximum atomic E-state index is 10.8. The van der Waals surface area contributed by atoms with Gasteiger partial charge in [0.25, 0.3) is 0 Å². The molecule has 0 bridgehead atoms. The van der Waals surface area contributed by atoms with Crippen LogP contribution in [0.15, 0.2) is 24.3 Å². The first-order valence-corrected chi connectivity index (χ1v) is 6.67. The SMILES string of the molecule is CC(C)C(CCO)NCc1ccccc1CC(=O)O. The Labute approximate surface area is 114 Å². The largest absolute Gasteiger partial charge is 0.481 e. The molecule has 1 unspecified atom stereocenters. The molecule has 1 rings (SSSR count). The lowest BCUT2D eigenvalue weighted by Crippen LogP contribution is -2.34. The number of carbonyl (C=O) groups is 1. The van der Waals surface area contributed by atoms with E-state index in [1.807, 2.05) is 24.3 Å². The number of hydrogen-bond acceptors (Lipinski definition) is 3. The minimum atomic E-state index is -0.816. The molecular formula is C15H23NO3. The third-order valence-corrected chi connectivity index (χ3v) is 3.26. The van der Waals surface area contributed by atoms with Crippen LogP contribution < -0.4 is 5.32 Å². The molecule has 0 fully saturated rings. The molecule has 0 aliphatic heterocycles. The van der Waals surface area contributed by atoms with E-state index >= 15 is 0 Å². The van der Waals surface area contributed by atoms with Crippen molar-refractivity contribution in [3.05, 3.63) is 35.4 Å². The minimum absolute atomic E-state index is 0.0458. The predicted molar refractivity (Wildman–Crippen MR) is 75.0 cm³/mol. The van der Waals surface area contributed by atoms with Gasteiger partial charge in [-0.05, 0) is 23.5 Å². The van der Waals surface area contributed by atoms with Crippen molar-refractivity contribution in [2.45, 2.75) is 39.3 Å². The highest BCUT2D eigenvalue weighted by molar-refractivity contribution is 5.70. The van der Waals surface area contributed by atoms with E-state index in [2.05, 4.69) is 19.2 Å². The fraction of sp³-hybridized carbons (Fsp3) is 0.533. The van der Waals surface area contributed by atoms with E-state index in [9.17, 15) is 4.79 Å². The molecule has 0 saturated heterocycles. The molecule has 0 heterocycles. The van der Waals surface area contributed by atoms with E-state index in [1.54, 1.807) is 0 Å². The van der Waals surface area contributed by atoms with Crippen molar-refractivity contribution in [3.63, 3.8) is 0 Å². The Kier molecular flexibility index (Phi) is 6.53. The smallest absolute Gasteiger partial charge is 0.307 e. The lowest BCUT2D eigenvalue weighted by atomic mass is 9.99. The number of benzene rings is 1. The molecule has 0 saturated carbocycles. The number of carboxylic acid groups (broad SMARTS) is 1. The third-order valence-electron chi connectivity index (χ3n) is 3.26. The van der Waals surface area contributed by atoms with Gasteiger partial charge in [-0.2, -0.15) is 0 Å². The Bertz CT molecular complexity index is 404. The summed E-state index contributed by atoms with van der Waals surface area (Å²) in [7, 11) is 0. The molecule has 0 aromatic heterocycles. The summed E-state index contributed by atoms with van der Waals surface area (Å²) in [6, 6.07) is 7.81. The van der Waals surface area contributed by atoms with Gasteiger partial charge in [-0.25, -0.2) is 0 Å². The van der Waals surface area contributed by atoms with Crippen LogP contribution in [-0.4, -0.2) is 28.8 Å². The van der Waals surface area contributed by atoms with Gasteiger partial charge in [0.15, 0.2) is 0 Å². The highest BCUT2D eigenvalue weighted by Crippen LogP contribution is 2.12. The van der Waals surface area contributed by atoms with Crippen molar-refractivity contribution >= 4 is 5.97 Å². The summed E-state index contributed by atoms with van der Waals surface area (Å²) in [5.41, 5.74) is 1.85. The van der Waals surface area contributed by atoms with Crippen molar-refractivity contribution in [1.29, 1.82) is 0 Å². The van der Waals surface area contributed by atoms with E-state index in [1.165, 1.54) is 0 Å². The molecule has 0 spiro atoms. The Balaban J connectivity index is 2.68. The second-order valence-electron chi connectivity index (χ2n) is 5.08. The van der Waals surface area contributed by atoms with Crippen LogP contribution in [0.3, 0.4) is 0 Å². The topological polar surface area (TPSA) is 69.6 Å². The van der Waals surface area contributed by atoms with Crippen LogP contribution in [-0.2, 0) is 17.8 Å². The molecule has 0 amide bonds. The van der Waals surface area contributed by atoms with Crippen LogP contribution in [0.1, 0.15) is 31.4 Å². The number of hydrogen-bond donors (Lipinski definition) is 3. The first kappa shape index (κ1) is 15.7. The zero-order valence-corrected chi connectivity index (χ0v) is 11.6. The molecule has 4 nitrogen and oxygen atoms in total. The fourth-order valence-corrected chi connectivity index (χ4v) is 2.12. The first-order chi connectivity index (χ1) is 9.04. The Morgan fingerprint density at radius 3 is 2.42 bits per heavy atom. The summed E-state index contributed by atoms with van der Waals surface area (Å²) < 4.78 is 0. The average molecular weight is 265 g/mol. The van der Waals surface area contributed by atoms with Crippen molar-refractivity contribution in [2.24, 2.45) is 5.92 Å². The maximum Gasteiger partial charge on any atom is 0.307 e. The molecular weight excluding hydrogens is 242 g/mol. The monoisotopic (exact) mass is 265 g/mol. The number of aliphatic carboxylic acids is 1. The van der Waals surface area contributed by atoms with Crippen molar-refractivity contribution < 1.29 is 15.0 Å². The Morgan fingerprint density at radius 2 is 1.89 bits per heavy atom. The molecule has 3 N–H and O–H groups in total. The molecule has 0 aliphatic carbocycles. The lowest BCUT2D eigenvalue weighted by Gasteiger charge is -2.22. The number of aliphatic hydroxyl groups is 1. The second-order valence-corrected chi connectivity index (χ2v) is 5.08. The average Bonchev–Trinajstić information content (AvgIpc) is 2.35. The molecule has 19 heavy (non-hydrogen) atoms. The van der Waals surface area contributed by atoms with Gasteiger partial charge in [-0.1, -0.05) is 38.1 Å². The predicted octanol–water partition coefficient (Wildman–Crippen LogP) is 1.81. The number of nitrogens with one attached hydrogen (secondary N) is 1. The molecule has 0 aliphatic rings. The first-order valence-electron chi connectivity index (χ1n) is 6.67. The van der Waals surface area contributed by atoms with E-state index in [4.69, 9.17) is 10.2 Å². The summed E-state index contributed by atoms with van der Waals surface area (Å²) in [4.78, 5) is 10.8. The van der Waals surface area contributed by atoms with Crippen LogP contribution in [0.2, 0.25) is 0 Å². The highest BCUT2D eigenvalue weighted by Gasteiger charge is 2.13. The van der Waals surface area contributed by atoms with E-state index in [0.717, 1.165) is 11.1 Å². The van der Waals surface area contributed by atoms with Crippen molar-refractivity contribution in [2.75, 3.05) is 6.61 Å². The summed E-state index contributed by atoms with van der Waals surface area (Å²) in [5.74, 6) is -0.387. The quantitative estimate of drug-likeness (QED) is 0.670. The third kappa shape index (κ3) is 5.41. The molecule has 4 heteroatoms. The van der Waals surface area contributed by atoms with Crippen LogP contribution >= 0.6 is 0 Å².